The van der Waals surface area contributed by atoms with E-state index in [1.165, 1.54) is 0 Å². The Kier molecular flexibility index (Phi) is 2.64. The molecule has 0 radical (unpaired) electrons. The summed E-state index contributed by atoms with van der Waals surface area (Å²) in [5, 5.41) is 3.45. The largest absolute Gasteiger partial charge is 0.355 e. The van der Waals surface area contributed by atoms with Gasteiger partial charge in [-0.05, 0) is 24.5 Å². The van der Waals surface area contributed by atoms with Gasteiger partial charge in [0.25, 0.3) is 5.91 Å². The van der Waals surface area contributed by atoms with Crippen LogP contribution in [0.15, 0.2) is 23.4 Å². The van der Waals surface area contributed by atoms with Crippen molar-refractivity contribution in [3.63, 3.8) is 0 Å². The van der Waals surface area contributed by atoms with E-state index in [0.717, 1.165) is 16.2 Å². The third kappa shape index (κ3) is 1.83. The lowest BCUT2D eigenvalue weighted by Crippen LogP contribution is -2.17. The van der Waals surface area contributed by atoms with Crippen molar-refractivity contribution in [3.8, 4) is 0 Å². The first kappa shape index (κ1) is 10.0. The lowest BCUT2D eigenvalue weighted by molar-refractivity contribution is 0.0963. The lowest BCUT2D eigenvalue weighted by atomic mass is 10.2. The van der Waals surface area contributed by atoms with Crippen molar-refractivity contribution >= 4 is 28.7 Å². The molecule has 2 N–H and O–H groups in total. The minimum Gasteiger partial charge on any atom is -0.355 e. The van der Waals surface area contributed by atoms with E-state index in [9.17, 15) is 4.79 Å². The SMILES string of the molecule is CNC(=O)c1ccc2nc(SC)[nH]c2c1. The van der Waals surface area contributed by atoms with Crippen LogP contribution < -0.4 is 5.32 Å². The fraction of sp³-hybridized carbons (Fsp3) is 0.200. The van der Waals surface area contributed by atoms with Crippen LogP contribution in [0.4, 0.5) is 0 Å². The van der Waals surface area contributed by atoms with E-state index in [4.69, 9.17) is 0 Å². The van der Waals surface area contributed by atoms with E-state index in [0.29, 0.717) is 5.56 Å². The van der Waals surface area contributed by atoms with E-state index in [2.05, 4.69) is 15.3 Å². The van der Waals surface area contributed by atoms with Crippen molar-refractivity contribution in [1.29, 1.82) is 0 Å². The zero-order valence-electron chi connectivity index (χ0n) is 8.50. The predicted molar refractivity (Wildman–Crippen MR) is 61.3 cm³/mol. The van der Waals surface area contributed by atoms with E-state index < -0.39 is 0 Å². The maximum atomic E-state index is 11.4. The summed E-state index contributed by atoms with van der Waals surface area (Å²) in [6.07, 6.45) is 1.96. The minimum absolute atomic E-state index is 0.0859. The molecule has 0 fully saturated rings. The first-order valence-corrected chi connectivity index (χ1v) is 5.73. The first-order chi connectivity index (χ1) is 7.24. The van der Waals surface area contributed by atoms with Gasteiger partial charge < -0.3 is 10.3 Å². The van der Waals surface area contributed by atoms with Gasteiger partial charge in [0.2, 0.25) is 0 Å². The van der Waals surface area contributed by atoms with Gasteiger partial charge >= 0.3 is 0 Å². The van der Waals surface area contributed by atoms with Gasteiger partial charge in [0.05, 0.1) is 11.0 Å². The number of carbonyl (C=O) groups is 1. The summed E-state index contributed by atoms with van der Waals surface area (Å²) in [6, 6.07) is 5.42. The number of aromatic nitrogens is 2. The summed E-state index contributed by atoms with van der Waals surface area (Å²) in [5.74, 6) is -0.0859. The zero-order chi connectivity index (χ0) is 10.8. The Morgan fingerprint density at radius 1 is 1.53 bits per heavy atom. The van der Waals surface area contributed by atoms with Gasteiger partial charge in [0.15, 0.2) is 5.16 Å². The Morgan fingerprint density at radius 2 is 2.33 bits per heavy atom. The molecule has 0 bridgehead atoms. The van der Waals surface area contributed by atoms with Crippen LogP contribution in [0.1, 0.15) is 10.4 Å². The standard InChI is InChI=1S/C10H11N3OS/c1-11-9(14)6-3-4-7-8(5-6)13-10(12-7)15-2/h3-5H,1-2H3,(H,11,14)(H,12,13). The van der Waals surface area contributed by atoms with Gasteiger partial charge in [-0.25, -0.2) is 4.98 Å². The van der Waals surface area contributed by atoms with Crippen LogP contribution in [-0.4, -0.2) is 29.2 Å². The first-order valence-electron chi connectivity index (χ1n) is 4.50. The van der Waals surface area contributed by atoms with Crippen LogP contribution in [-0.2, 0) is 0 Å². The van der Waals surface area contributed by atoms with Crippen molar-refractivity contribution in [2.75, 3.05) is 13.3 Å². The molecule has 0 aliphatic rings. The molecule has 1 aromatic heterocycles. The maximum Gasteiger partial charge on any atom is 0.251 e. The molecule has 2 aromatic rings. The average molecular weight is 221 g/mol. The Balaban J connectivity index is 2.50. The third-order valence-electron chi connectivity index (χ3n) is 2.14. The number of rotatable bonds is 2. The van der Waals surface area contributed by atoms with Gasteiger partial charge in [-0.1, -0.05) is 11.8 Å². The molecule has 1 heterocycles. The smallest absolute Gasteiger partial charge is 0.251 e. The zero-order valence-corrected chi connectivity index (χ0v) is 9.31. The molecule has 0 spiro atoms. The minimum atomic E-state index is -0.0859. The molecule has 1 aromatic carbocycles. The number of hydrogen-bond donors (Lipinski definition) is 2. The van der Waals surface area contributed by atoms with E-state index in [-0.39, 0.29) is 5.91 Å². The number of amides is 1. The average Bonchev–Trinajstić information content (AvgIpc) is 2.69. The number of thioether (sulfide) groups is 1. The fourth-order valence-electron chi connectivity index (χ4n) is 1.37. The number of nitrogens with zero attached hydrogens (tertiary/aromatic N) is 1. The monoisotopic (exact) mass is 221 g/mol. The second-order valence-electron chi connectivity index (χ2n) is 3.06. The van der Waals surface area contributed by atoms with Crippen LogP contribution in [0.5, 0.6) is 0 Å². The molecule has 4 nitrogen and oxygen atoms in total. The molecule has 1 amide bonds. The number of carbonyl (C=O) groups excluding carboxylic acids is 1. The fourth-order valence-corrected chi connectivity index (χ4v) is 1.77. The second-order valence-corrected chi connectivity index (χ2v) is 3.85. The van der Waals surface area contributed by atoms with Crippen molar-refractivity contribution in [2.24, 2.45) is 0 Å². The van der Waals surface area contributed by atoms with Gasteiger partial charge in [-0.3, -0.25) is 4.79 Å². The number of aromatic amines is 1. The highest BCUT2D eigenvalue weighted by Gasteiger charge is 2.06. The highest BCUT2D eigenvalue weighted by atomic mass is 32.2. The predicted octanol–water partition coefficient (Wildman–Crippen LogP) is 1.64. The molecular weight excluding hydrogens is 210 g/mol. The highest BCUT2D eigenvalue weighted by molar-refractivity contribution is 7.98. The summed E-state index contributed by atoms with van der Waals surface area (Å²) in [4.78, 5) is 18.9. The lowest BCUT2D eigenvalue weighted by Gasteiger charge is -1.98. The maximum absolute atomic E-state index is 11.4. The molecule has 5 heteroatoms. The molecule has 0 saturated heterocycles. The molecule has 0 aliphatic heterocycles. The molecule has 0 atom stereocenters. The molecule has 78 valence electrons. The number of fused-ring (bicyclic) bond motifs is 1. The Labute approximate surface area is 91.5 Å². The van der Waals surface area contributed by atoms with Crippen LogP contribution >= 0.6 is 11.8 Å². The van der Waals surface area contributed by atoms with E-state index in [1.54, 1.807) is 30.9 Å². The molecule has 0 saturated carbocycles. The van der Waals surface area contributed by atoms with Crippen molar-refractivity contribution in [1.82, 2.24) is 15.3 Å². The summed E-state index contributed by atoms with van der Waals surface area (Å²) in [5.41, 5.74) is 2.41. The number of H-pyrrole nitrogens is 1. The summed E-state index contributed by atoms with van der Waals surface area (Å²) in [6.45, 7) is 0. The topological polar surface area (TPSA) is 57.8 Å². The second kappa shape index (κ2) is 3.94. The number of hydrogen-bond acceptors (Lipinski definition) is 3. The Morgan fingerprint density at radius 3 is 3.00 bits per heavy atom. The van der Waals surface area contributed by atoms with Gasteiger partial charge in [-0.15, -0.1) is 0 Å². The summed E-state index contributed by atoms with van der Waals surface area (Å²) in [7, 11) is 1.62. The van der Waals surface area contributed by atoms with E-state index >= 15 is 0 Å². The quantitative estimate of drug-likeness (QED) is 0.758. The van der Waals surface area contributed by atoms with Gasteiger partial charge in [0.1, 0.15) is 0 Å². The van der Waals surface area contributed by atoms with Crippen LogP contribution in [0.3, 0.4) is 0 Å². The Hall–Kier alpha value is -1.49. The van der Waals surface area contributed by atoms with Crippen molar-refractivity contribution in [3.05, 3.63) is 23.8 Å². The molecular formula is C10H11N3OS. The number of imidazole rings is 1. The van der Waals surface area contributed by atoms with Crippen LogP contribution in [0.2, 0.25) is 0 Å². The van der Waals surface area contributed by atoms with Crippen molar-refractivity contribution in [2.45, 2.75) is 5.16 Å². The molecule has 0 unspecified atom stereocenters. The van der Waals surface area contributed by atoms with Crippen LogP contribution in [0.25, 0.3) is 11.0 Å². The third-order valence-corrected chi connectivity index (χ3v) is 2.72. The molecule has 2 rings (SSSR count). The molecule has 15 heavy (non-hydrogen) atoms. The Bertz CT molecular complexity index is 506. The highest BCUT2D eigenvalue weighted by Crippen LogP contribution is 2.18. The van der Waals surface area contributed by atoms with E-state index in [1.807, 2.05) is 12.3 Å². The van der Waals surface area contributed by atoms with Gasteiger partial charge in [0, 0.05) is 12.6 Å². The number of benzene rings is 1. The normalized spacial score (nSPS) is 10.5. The van der Waals surface area contributed by atoms with Gasteiger partial charge in [-0.2, -0.15) is 0 Å². The molecule has 0 aliphatic carbocycles. The number of nitrogens with one attached hydrogen (secondary N) is 2. The summed E-state index contributed by atoms with van der Waals surface area (Å²) < 4.78 is 0. The van der Waals surface area contributed by atoms with Crippen LogP contribution in [0, 0.1) is 0 Å². The van der Waals surface area contributed by atoms with Crippen molar-refractivity contribution < 1.29 is 4.79 Å². The summed E-state index contributed by atoms with van der Waals surface area (Å²) >= 11 is 1.55.